The van der Waals surface area contributed by atoms with Crippen LogP contribution >= 0.6 is 11.3 Å². The molecule has 2 heterocycles. The van der Waals surface area contributed by atoms with Gasteiger partial charge < -0.3 is 11.5 Å². The standard InChI is InChI=1S/C9H10N4S/c1-5-2-7(14-4-5)6-3-12-9(11)13-8(6)10/h2-4H,1H3,(H4,10,11,12,13). The highest BCUT2D eigenvalue weighted by molar-refractivity contribution is 7.13. The van der Waals surface area contributed by atoms with E-state index in [1.165, 1.54) is 5.56 Å². The van der Waals surface area contributed by atoms with Crippen molar-refractivity contribution in [2.75, 3.05) is 11.5 Å². The quantitative estimate of drug-likeness (QED) is 0.744. The lowest BCUT2D eigenvalue weighted by molar-refractivity contribution is 1.20. The molecule has 4 N–H and O–H groups in total. The van der Waals surface area contributed by atoms with Crippen molar-refractivity contribution >= 4 is 23.1 Å². The van der Waals surface area contributed by atoms with Gasteiger partial charge in [0.05, 0.1) is 5.56 Å². The summed E-state index contributed by atoms with van der Waals surface area (Å²) >= 11 is 1.62. The first-order chi connectivity index (χ1) is 6.66. The first kappa shape index (κ1) is 8.96. The van der Waals surface area contributed by atoms with Gasteiger partial charge in [-0.1, -0.05) is 0 Å². The number of aromatic nitrogens is 2. The molecule has 0 aliphatic rings. The van der Waals surface area contributed by atoms with Crippen molar-refractivity contribution in [3.8, 4) is 10.4 Å². The lowest BCUT2D eigenvalue weighted by atomic mass is 10.2. The Kier molecular flexibility index (Phi) is 2.09. The van der Waals surface area contributed by atoms with Crippen LogP contribution in [0, 0.1) is 6.92 Å². The van der Waals surface area contributed by atoms with Crippen molar-refractivity contribution in [2.45, 2.75) is 6.92 Å². The van der Waals surface area contributed by atoms with Gasteiger partial charge in [0.2, 0.25) is 5.95 Å². The van der Waals surface area contributed by atoms with E-state index >= 15 is 0 Å². The van der Waals surface area contributed by atoms with Gasteiger partial charge in [0.1, 0.15) is 5.82 Å². The fraction of sp³-hybridized carbons (Fsp3) is 0.111. The molecule has 14 heavy (non-hydrogen) atoms. The molecule has 0 spiro atoms. The van der Waals surface area contributed by atoms with E-state index in [1.807, 2.05) is 6.92 Å². The van der Waals surface area contributed by atoms with Gasteiger partial charge in [-0.2, -0.15) is 4.98 Å². The highest BCUT2D eigenvalue weighted by Gasteiger charge is 2.06. The van der Waals surface area contributed by atoms with E-state index in [2.05, 4.69) is 21.4 Å². The van der Waals surface area contributed by atoms with Crippen LogP contribution in [0.3, 0.4) is 0 Å². The van der Waals surface area contributed by atoms with Crippen LogP contribution in [-0.4, -0.2) is 9.97 Å². The Morgan fingerprint density at radius 2 is 2.14 bits per heavy atom. The van der Waals surface area contributed by atoms with Gasteiger partial charge in [-0.3, -0.25) is 0 Å². The minimum Gasteiger partial charge on any atom is -0.383 e. The average molecular weight is 206 g/mol. The Labute approximate surface area is 85.6 Å². The van der Waals surface area contributed by atoms with Gasteiger partial charge in [-0.05, 0) is 23.9 Å². The van der Waals surface area contributed by atoms with E-state index in [0.29, 0.717) is 5.82 Å². The van der Waals surface area contributed by atoms with Gasteiger partial charge in [-0.15, -0.1) is 11.3 Å². The van der Waals surface area contributed by atoms with Crippen LogP contribution in [0.25, 0.3) is 10.4 Å². The van der Waals surface area contributed by atoms with E-state index in [0.717, 1.165) is 10.4 Å². The topological polar surface area (TPSA) is 77.8 Å². The largest absolute Gasteiger partial charge is 0.383 e. The lowest BCUT2D eigenvalue weighted by Crippen LogP contribution is -2.00. The maximum absolute atomic E-state index is 5.74. The summed E-state index contributed by atoms with van der Waals surface area (Å²) in [4.78, 5) is 8.90. The van der Waals surface area contributed by atoms with Gasteiger partial charge >= 0.3 is 0 Å². The van der Waals surface area contributed by atoms with Crippen LogP contribution in [0.2, 0.25) is 0 Å². The molecule has 0 amide bonds. The Morgan fingerprint density at radius 3 is 2.71 bits per heavy atom. The second-order valence-electron chi connectivity index (χ2n) is 3.02. The predicted molar refractivity (Wildman–Crippen MR) is 58.9 cm³/mol. The van der Waals surface area contributed by atoms with Gasteiger partial charge in [0, 0.05) is 11.1 Å². The van der Waals surface area contributed by atoms with E-state index < -0.39 is 0 Å². The first-order valence-corrected chi connectivity index (χ1v) is 4.98. The Hall–Kier alpha value is -1.62. The minimum absolute atomic E-state index is 0.208. The second-order valence-corrected chi connectivity index (χ2v) is 3.93. The summed E-state index contributed by atoms with van der Waals surface area (Å²) in [5.74, 6) is 0.638. The molecule has 0 radical (unpaired) electrons. The molecule has 0 aliphatic heterocycles. The number of nitrogen functional groups attached to an aromatic ring is 2. The summed E-state index contributed by atoms with van der Waals surface area (Å²) < 4.78 is 0. The third kappa shape index (κ3) is 1.54. The van der Waals surface area contributed by atoms with Crippen molar-refractivity contribution in [3.63, 3.8) is 0 Å². The van der Waals surface area contributed by atoms with E-state index in [9.17, 15) is 0 Å². The summed E-state index contributed by atoms with van der Waals surface area (Å²) in [6.45, 7) is 2.04. The summed E-state index contributed by atoms with van der Waals surface area (Å²) in [5.41, 5.74) is 13.2. The van der Waals surface area contributed by atoms with Gasteiger partial charge in [0.25, 0.3) is 0 Å². The molecule has 72 valence electrons. The first-order valence-electron chi connectivity index (χ1n) is 4.10. The molecule has 0 fully saturated rings. The Balaban J connectivity index is 2.52. The predicted octanol–water partition coefficient (Wildman–Crippen LogP) is 1.68. The van der Waals surface area contributed by atoms with Gasteiger partial charge in [0.15, 0.2) is 0 Å². The zero-order valence-electron chi connectivity index (χ0n) is 7.69. The molecule has 5 heteroatoms. The van der Waals surface area contributed by atoms with Crippen molar-refractivity contribution in [2.24, 2.45) is 0 Å². The van der Waals surface area contributed by atoms with E-state index in [-0.39, 0.29) is 5.95 Å². The van der Waals surface area contributed by atoms with Crippen LogP contribution in [0.5, 0.6) is 0 Å². The molecule has 0 aliphatic carbocycles. The fourth-order valence-electron chi connectivity index (χ4n) is 1.17. The molecular weight excluding hydrogens is 196 g/mol. The lowest BCUT2D eigenvalue weighted by Gasteiger charge is -2.01. The summed E-state index contributed by atoms with van der Waals surface area (Å²) in [7, 11) is 0. The number of aryl methyl sites for hydroxylation is 1. The molecule has 0 saturated carbocycles. The van der Waals surface area contributed by atoms with Crippen LogP contribution in [-0.2, 0) is 0 Å². The Bertz CT molecular complexity index is 464. The molecular formula is C9H10N4S. The fourth-order valence-corrected chi connectivity index (χ4v) is 2.09. The van der Waals surface area contributed by atoms with Gasteiger partial charge in [-0.25, -0.2) is 4.98 Å². The minimum atomic E-state index is 0.208. The van der Waals surface area contributed by atoms with Crippen LogP contribution in [0.4, 0.5) is 11.8 Å². The highest BCUT2D eigenvalue weighted by atomic mass is 32.1. The Morgan fingerprint density at radius 1 is 1.36 bits per heavy atom. The molecule has 0 bridgehead atoms. The van der Waals surface area contributed by atoms with Crippen molar-refractivity contribution in [1.29, 1.82) is 0 Å². The number of anilines is 2. The molecule has 2 rings (SSSR count). The van der Waals surface area contributed by atoms with Crippen LogP contribution in [0.1, 0.15) is 5.56 Å². The van der Waals surface area contributed by atoms with Crippen LogP contribution < -0.4 is 11.5 Å². The molecule has 2 aromatic heterocycles. The van der Waals surface area contributed by atoms with Crippen molar-refractivity contribution < 1.29 is 0 Å². The zero-order chi connectivity index (χ0) is 10.1. The number of hydrogen-bond acceptors (Lipinski definition) is 5. The van der Waals surface area contributed by atoms with E-state index in [1.54, 1.807) is 17.5 Å². The average Bonchev–Trinajstić information content (AvgIpc) is 2.51. The second kappa shape index (κ2) is 3.26. The molecule has 4 nitrogen and oxygen atoms in total. The number of hydrogen-bond donors (Lipinski definition) is 2. The normalized spacial score (nSPS) is 10.4. The van der Waals surface area contributed by atoms with E-state index in [4.69, 9.17) is 11.5 Å². The summed E-state index contributed by atoms with van der Waals surface area (Å²) in [5, 5.41) is 2.06. The number of rotatable bonds is 1. The maximum atomic E-state index is 5.74. The number of nitrogens with two attached hydrogens (primary N) is 2. The summed E-state index contributed by atoms with van der Waals surface area (Å²) in [6.07, 6.45) is 1.66. The highest BCUT2D eigenvalue weighted by Crippen LogP contribution is 2.29. The SMILES string of the molecule is Cc1csc(-c2cnc(N)nc2N)c1. The third-order valence-corrected chi connectivity index (χ3v) is 2.91. The zero-order valence-corrected chi connectivity index (χ0v) is 8.51. The number of nitrogens with zero attached hydrogens (tertiary/aromatic N) is 2. The number of thiophene rings is 1. The van der Waals surface area contributed by atoms with Crippen molar-refractivity contribution in [1.82, 2.24) is 9.97 Å². The maximum Gasteiger partial charge on any atom is 0.221 e. The molecule has 0 saturated heterocycles. The molecule has 0 unspecified atom stereocenters. The molecule has 0 atom stereocenters. The van der Waals surface area contributed by atoms with Crippen molar-refractivity contribution in [3.05, 3.63) is 23.2 Å². The summed E-state index contributed by atoms with van der Waals surface area (Å²) in [6, 6.07) is 2.05. The molecule has 2 aromatic rings. The molecule has 0 aromatic carbocycles. The smallest absolute Gasteiger partial charge is 0.221 e. The van der Waals surface area contributed by atoms with Crippen LogP contribution in [0.15, 0.2) is 17.6 Å². The third-order valence-electron chi connectivity index (χ3n) is 1.83. The monoisotopic (exact) mass is 206 g/mol.